The first-order chi connectivity index (χ1) is 18.2. The number of carbonyl (C=O) groups excluding carboxylic acids is 2. The van der Waals surface area contributed by atoms with Crippen molar-refractivity contribution in [3.05, 3.63) is 23.4 Å². The minimum Gasteiger partial charge on any atom is -0.387 e. The van der Waals surface area contributed by atoms with Crippen LogP contribution < -0.4 is 5.32 Å². The number of nitrogens with one attached hydrogen (secondary N) is 1. The number of piperazine rings is 1. The summed E-state index contributed by atoms with van der Waals surface area (Å²) in [6, 6.07) is 0. The summed E-state index contributed by atoms with van der Waals surface area (Å²) in [7, 11) is 0. The van der Waals surface area contributed by atoms with E-state index < -0.39 is 11.0 Å². The second-order valence-corrected chi connectivity index (χ2v) is 13.5. The fraction of sp³-hybridized carbons (Fsp3) is 0.806. The smallest absolute Gasteiger partial charge is 0.255 e. The molecule has 38 heavy (non-hydrogen) atoms. The Morgan fingerprint density at radius 2 is 1.76 bits per heavy atom. The quantitative estimate of drug-likeness (QED) is 0.531. The number of nitrogens with zero attached hydrogens (tertiary/aromatic N) is 3. The average molecular weight is 527 g/mol. The van der Waals surface area contributed by atoms with Crippen LogP contribution in [0.3, 0.4) is 0 Å². The lowest BCUT2D eigenvalue weighted by molar-refractivity contribution is -0.157. The monoisotopic (exact) mass is 526 g/mol. The average Bonchev–Trinajstić information content (AvgIpc) is 3.76. The van der Waals surface area contributed by atoms with Crippen molar-refractivity contribution in [3.8, 4) is 0 Å². The van der Waals surface area contributed by atoms with Gasteiger partial charge in [0.25, 0.3) is 5.91 Å². The Morgan fingerprint density at radius 3 is 2.42 bits per heavy atom. The van der Waals surface area contributed by atoms with Crippen LogP contribution in [0.1, 0.15) is 78.6 Å². The van der Waals surface area contributed by atoms with Gasteiger partial charge in [0.1, 0.15) is 0 Å². The van der Waals surface area contributed by atoms with E-state index in [1.807, 2.05) is 16.0 Å². The molecule has 0 aromatic heterocycles. The van der Waals surface area contributed by atoms with Crippen LogP contribution in [0.5, 0.6) is 0 Å². The molecule has 3 heterocycles. The Kier molecular flexibility index (Phi) is 8.25. The molecule has 2 aliphatic carbocycles. The molecule has 7 heteroatoms. The Morgan fingerprint density at radius 1 is 1.05 bits per heavy atom. The fourth-order valence-corrected chi connectivity index (χ4v) is 7.26. The summed E-state index contributed by atoms with van der Waals surface area (Å²) in [5.41, 5.74) is 0.665. The summed E-state index contributed by atoms with van der Waals surface area (Å²) in [5.74, 6) is 1.64. The van der Waals surface area contributed by atoms with Crippen molar-refractivity contribution < 1.29 is 14.7 Å². The maximum absolute atomic E-state index is 13.5. The number of β-amino-alcohol motifs (C(OH)–C–C–N with tert-alkyl or cyclic N) is 1. The van der Waals surface area contributed by atoms with Crippen LogP contribution in [-0.4, -0.2) is 89.6 Å². The molecule has 4 fully saturated rings. The van der Waals surface area contributed by atoms with E-state index in [9.17, 15) is 14.7 Å². The van der Waals surface area contributed by atoms with Gasteiger partial charge in [0.05, 0.1) is 11.2 Å². The summed E-state index contributed by atoms with van der Waals surface area (Å²) in [6.07, 6.45) is 14.6. The van der Waals surface area contributed by atoms with Gasteiger partial charge in [-0.05, 0) is 43.1 Å². The molecule has 2 N–H and O–H groups in total. The molecule has 2 amide bonds. The van der Waals surface area contributed by atoms with Crippen LogP contribution >= 0.6 is 0 Å². The lowest BCUT2D eigenvalue weighted by Gasteiger charge is -2.52. The molecule has 3 aliphatic heterocycles. The maximum atomic E-state index is 13.5. The summed E-state index contributed by atoms with van der Waals surface area (Å²) in [5, 5.41) is 15.3. The molecule has 212 valence electrons. The number of carbonyl (C=O) groups is 2. The van der Waals surface area contributed by atoms with Crippen molar-refractivity contribution in [1.29, 1.82) is 0 Å². The van der Waals surface area contributed by atoms with Gasteiger partial charge >= 0.3 is 0 Å². The van der Waals surface area contributed by atoms with Gasteiger partial charge in [-0.25, -0.2) is 0 Å². The lowest BCUT2D eigenvalue weighted by Crippen LogP contribution is -2.62. The van der Waals surface area contributed by atoms with Gasteiger partial charge in [0.2, 0.25) is 5.91 Å². The van der Waals surface area contributed by atoms with Crippen LogP contribution in [0, 0.1) is 23.2 Å². The van der Waals surface area contributed by atoms with Gasteiger partial charge in [-0.3, -0.25) is 9.59 Å². The zero-order valence-electron chi connectivity index (χ0n) is 24.0. The topological polar surface area (TPSA) is 76.1 Å². The number of aliphatic hydroxyl groups is 1. The predicted octanol–water partition coefficient (Wildman–Crippen LogP) is 3.55. The minimum absolute atomic E-state index is 0.0506. The highest BCUT2D eigenvalue weighted by atomic mass is 16.3. The third kappa shape index (κ3) is 5.99. The highest BCUT2D eigenvalue weighted by Gasteiger charge is 2.50. The van der Waals surface area contributed by atoms with Crippen LogP contribution in [0.4, 0.5) is 0 Å². The molecule has 0 unspecified atom stereocenters. The molecule has 2 saturated heterocycles. The van der Waals surface area contributed by atoms with E-state index in [0.29, 0.717) is 37.9 Å². The van der Waals surface area contributed by atoms with Crippen molar-refractivity contribution in [1.82, 2.24) is 20.0 Å². The summed E-state index contributed by atoms with van der Waals surface area (Å²) < 4.78 is 0. The summed E-state index contributed by atoms with van der Waals surface area (Å²) in [4.78, 5) is 33.1. The van der Waals surface area contributed by atoms with Crippen LogP contribution in [0.15, 0.2) is 23.4 Å². The van der Waals surface area contributed by atoms with E-state index in [1.54, 1.807) is 0 Å². The number of piperidine rings is 1. The first kappa shape index (κ1) is 27.7. The van der Waals surface area contributed by atoms with Gasteiger partial charge in [-0.2, -0.15) is 0 Å². The fourth-order valence-electron chi connectivity index (χ4n) is 7.26. The van der Waals surface area contributed by atoms with Crippen molar-refractivity contribution in [2.75, 3.05) is 52.4 Å². The molecule has 2 atom stereocenters. The zero-order valence-corrected chi connectivity index (χ0v) is 24.0. The van der Waals surface area contributed by atoms with Crippen molar-refractivity contribution in [2.24, 2.45) is 23.2 Å². The number of likely N-dealkylation sites (tertiary alicyclic amines) is 1. The molecular formula is C31H50N4O3. The Labute approximate surface area is 229 Å². The molecule has 5 aliphatic rings. The van der Waals surface area contributed by atoms with Gasteiger partial charge < -0.3 is 25.1 Å². The molecule has 2 saturated carbocycles. The SMILES string of the molecule is C[C@H](CC1CCCCC1)C(=O)N1CC[C@@](O)(CN2C=C(C(=O)N3CCNCC3)C(C3CC3)=CC2)C(C)(C)C1. The third-order valence-corrected chi connectivity index (χ3v) is 10.1. The molecule has 0 radical (unpaired) electrons. The highest BCUT2D eigenvalue weighted by Crippen LogP contribution is 2.44. The summed E-state index contributed by atoms with van der Waals surface area (Å²) >= 11 is 0. The van der Waals surface area contributed by atoms with Crippen LogP contribution in [0.25, 0.3) is 0 Å². The molecule has 0 aromatic carbocycles. The Balaban J connectivity index is 1.23. The number of hydrogen-bond donors (Lipinski definition) is 2. The van der Waals surface area contributed by atoms with Crippen LogP contribution in [-0.2, 0) is 9.59 Å². The van der Waals surface area contributed by atoms with E-state index in [1.165, 1.54) is 37.7 Å². The first-order valence-electron chi connectivity index (χ1n) is 15.3. The van der Waals surface area contributed by atoms with Gasteiger partial charge in [-0.1, -0.05) is 59.0 Å². The first-order valence-corrected chi connectivity index (χ1v) is 15.3. The van der Waals surface area contributed by atoms with Gasteiger partial charge in [-0.15, -0.1) is 0 Å². The normalized spacial score (nSPS) is 29.5. The molecule has 5 rings (SSSR count). The number of hydrogen-bond acceptors (Lipinski definition) is 5. The Hall–Kier alpha value is -1.86. The molecule has 0 spiro atoms. The number of amides is 2. The van der Waals surface area contributed by atoms with Crippen molar-refractivity contribution in [2.45, 2.75) is 84.2 Å². The lowest BCUT2D eigenvalue weighted by atomic mass is 9.69. The predicted molar refractivity (Wildman–Crippen MR) is 150 cm³/mol. The maximum Gasteiger partial charge on any atom is 0.255 e. The number of rotatable bonds is 7. The van der Waals surface area contributed by atoms with Gasteiger partial charge in [0, 0.05) is 69.9 Å². The van der Waals surface area contributed by atoms with E-state index in [2.05, 4.69) is 37.1 Å². The molecule has 0 bridgehead atoms. The minimum atomic E-state index is -0.930. The van der Waals surface area contributed by atoms with Crippen molar-refractivity contribution >= 4 is 11.8 Å². The summed E-state index contributed by atoms with van der Waals surface area (Å²) in [6.45, 7) is 11.9. The zero-order chi connectivity index (χ0) is 26.9. The van der Waals surface area contributed by atoms with Crippen LogP contribution in [0.2, 0.25) is 0 Å². The molecular weight excluding hydrogens is 476 g/mol. The third-order valence-electron chi connectivity index (χ3n) is 10.1. The van der Waals surface area contributed by atoms with E-state index >= 15 is 0 Å². The largest absolute Gasteiger partial charge is 0.387 e. The standard InChI is InChI=1S/C31H50N4O3/c1-23(19-24-7-5-4-6-8-24)28(36)35-16-12-31(38,30(2,3)21-35)22-33-15-11-26(25-9-10-25)27(20-33)29(37)34-17-13-32-14-18-34/h11,20,23-25,32,38H,4-10,12-19,21-22H2,1-3H3/t23-,31-/m1/s1. The second kappa shape index (κ2) is 11.3. The van der Waals surface area contributed by atoms with Gasteiger partial charge in [0.15, 0.2) is 0 Å². The Bertz CT molecular complexity index is 943. The van der Waals surface area contributed by atoms with E-state index in [0.717, 1.165) is 57.6 Å². The molecule has 0 aromatic rings. The van der Waals surface area contributed by atoms with E-state index in [4.69, 9.17) is 0 Å². The van der Waals surface area contributed by atoms with Crippen molar-refractivity contribution in [3.63, 3.8) is 0 Å². The van der Waals surface area contributed by atoms with E-state index in [-0.39, 0.29) is 17.7 Å². The second-order valence-electron chi connectivity index (χ2n) is 13.5. The highest BCUT2D eigenvalue weighted by molar-refractivity contribution is 5.98. The molecule has 7 nitrogen and oxygen atoms in total.